The molecule has 2 saturated heterocycles. The number of halogens is 3. The first-order valence-electron chi connectivity index (χ1n) is 8.77. The Labute approximate surface area is 158 Å². The van der Waals surface area contributed by atoms with Gasteiger partial charge in [-0.1, -0.05) is 0 Å². The zero-order valence-corrected chi connectivity index (χ0v) is 15.4. The van der Waals surface area contributed by atoms with Crippen molar-refractivity contribution in [2.45, 2.75) is 19.3 Å². The van der Waals surface area contributed by atoms with Gasteiger partial charge in [-0.2, -0.15) is 0 Å². The monoisotopic (exact) mass is 387 g/mol. The minimum absolute atomic E-state index is 0. The second kappa shape index (κ2) is 9.28. The molecule has 0 radical (unpaired) electrons. The first kappa shape index (κ1) is 20.6. The fraction of sp³-hybridized carbons (Fsp3) is 0.556. The van der Waals surface area contributed by atoms with Gasteiger partial charge in [0, 0.05) is 38.7 Å². The van der Waals surface area contributed by atoms with Crippen LogP contribution in [0.15, 0.2) is 18.2 Å². The van der Waals surface area contributed by atoms with Crippen molar-refractivity contribution in [2.24, 2.45) is 5.92 Å². The molecule has 2 aliphatic rings. The summed E-state index contributed by atoms with van der Waals surface area (Å²) < 4.78 is 26.7. The van der Waals surface area contributed by atoms with Crippen LogP contribution in [0.1, 0.15) is 29.6 Å². The zero-order chi connectivity index (χ0) is 17.8. The van der Waals surface area contributed by atoms with Crippen LogP contribution in [0.5, 0.6) is 0 Å². The van der Waals surface area contributed by atoms with Crippen LogP contribution >= 0.6 is 12.4 Å². The average Bonchev–Trinajstić information content (AvgIpc) is 3.13. The van der Waals surface area contributed by atoms with E-state index in [2.05, 4.69) is 5.32 Å². The number of nitrogens with one attached hydrogen (secondary N) is 1. The molecule has 1 aromatic rings. The van der Waals surface area contributed by atoms with Crippen molar-refractivity contribution in [3.8, 4) is 0 Å². The predicted molar refractivity (Wildman–Crippen MR) is 96.3 cm³/mol. The normalized spacial score (nSPS) is 20.0. The molecule has 2 aliphatic heterocycles. The minimum atomic E-state index is -0.853. The molecule has 26 heavy (non-hydrogen) atoms. The topological polar surface area (TPSA) is 52.7 Å². The van der Waals surface area contributed by atoms with E-state index in [1.165, 1.54) is 11.0 Å². The van der Waals surface area contributed by atoms with Crippen LogP contribution in [-0.4, -0.2) is 60.9 Å². The number of carbonyl (C=O) groups is 2. The summed E-state index contributed by atoms with van der Waals surface area (Å²) in [6.45, 7) is 3.66. The Balaban J connectivity index is 0.00000243. The molecule has 2 amide bonds. The van der Waals surface area contributed by atoms with Crippen LogP contribution in [0.2, 0.25) is 0 Å². The Morgan fingerprint density at radius 2 is 1.81 bits per heavy atom. The highest BCUT2D eigenvalue weighted by Gasteiger charge is 2.27. The predicted octanol–water partition coefficient (Wildman–Crippen LogP) is 2.06. The molecule has 0 spiro atoms. The molecule has 2 heterocycles. The summed E-state index contributed by atoms with van der Waals surface area (Å²) in [5, 5.41) is 3.29. The molecule has 2 fully saturated rings. The molecule has 8 heteroatoms. The fourth-order valence-corrected chi connectivity index (χ4v) is 3.44. The highest BCUT2D eigenvalue weighted by atomic mass is 35.5. The van der Waals surface area contributed by atoms with Crippen molar-refractivity contribution in [3.05, 3.63) is 35.4 Å². The third-order valence-electron chi connectivity index (χ3n) is 5.01. The summed E-state index contributed by atoms with van der Waals surface area (Å²) in [5.41, 5.74) is -0.130. The number of rotatable bonds is 4. The summed E-state index contributed by atoms with van der Waals surface area (Å²) in [6.07, 6.45) is 2.55. The maximum Gasteiger partial charge on any atom is 0.256 e. The first-order valence-corrected chi connectivity index (χ1v) is 8.77. The number of amides is 2. The van der Waals surface area contributed by atoms with E-state index < -0.39 is 17.5 Å². The van der Waals surface area contributed by atoms with Crippen LogP contribution in [0.4, 0.5) is 8.78 Å². The highest BCUT2D eigenvalue weighted by molar-refractivity contribution is 5.94. The maximum atomic E-state index is 13.8. The lowest BCUT2D eigenvalue weighted by molar-refractivity contribution is -0.133. The van der Waals surface area contributed by atoms with Gasteiger partial charge in [0.15, 0.2) is 0 Å². The molecule has 1 aromatic carbocycles. The summed E-state index contributed by atoms with van der Waals surface area (Å²) in [5.74, 6) is -1.32. The van der Waals surface area contributed by atoms with E-state index in [0.29, 0.717) is 44.6 Å². The van der Waals surface area contributed by atoms with Crippen molar-refractivity contribution < 1.29 is 18.4 Å². The second-order valence-electron chi connectivity index (χ2n) is 6.69. The smallest absolute Gasteiger partial charge is 0.256 e. The Hall–Kier alpha value is -1.73. The molecule has 144 valence electrons. The van der Waals surface area contributed by atoms with Crippen LogP contribution in [0.25, 0.3) is 0 Å². The summed E-state index contributed by atoms with van der Waals surface area (Å²) in [4.78, 5) is 27.9. The van der Waals surface area contributed by atoms with E-state index in [4.69, 9.17) is 0 Å². The van der Waals surface area contributed by atoms with E-state index in [1.54, 1.807) is 4.90 Å². The van der Waals surface area contributed by atoms with Crippen LogP contribution in [0, 0.1) is 17.6 Å². The molecule has 1 atom stereocenters. The Bertz CT molecular complexity index is 645. The number of hydrogen-bond acceptors (Lipinski definition) is 3. The molecule has 0 bridgehead atoms. The first-order chi connectivity index (χ1) is 12.0. The van der Waals surface area contributed by atoms with Crippen molar-refractivity contribution in [1.29, 1.82) is 0 Å². The lowest BCUT2D eigenvalue weighted by Crippen LogP contribution is -2.50. The van der Waals surface area contributed by atoms with E-state index in [-0.39, 0.29) is 23.9 Å². The quantitative estimate of drug-likeness (QED) is 0.860. The molecule has 3 rings (SSSR count). The van der Waals surface area contributed by atoms with Crippen LogP contribution < -0.4 is 5.32 Å². The van der Waals surface area contributed by atoms with E-state index in [9.17, 15) is 18.4 Å². The van der Waals surface area contributed by atoms with Gasteiger partial charge in [-0.25, -0.2) is 8.78 Å². The number of piperazine rings is 1. The number of hydrogen-bond donors (Lipinski definition) is 1. The van der Waals surface area contributed by atoms with Crippen molar-refractivity contribution >= 4 is 24.2 Å². The summed E-state index contributed by atoms with van der Waals surface area (Å²) in [6, 6.07) is 2.96. The lowest BCUT2D eigenvalue weighted by atomic mass is 10.0. The molecule has 1 N–H and O–H groups in total. The van der Waals surface area contributed by atoms with Gasteiger partial charge in [-0.3, -0.25) is 9.59 Å². The van der Waals surface area contributed by atoms with Gasteiger partial charge in [-0.05, 0) is 44.0 Å². The van der Waals surface area contributed by atoms with Crippen LogP contribution in [-0.2, 0) is 4.79 Å². The Kier molecular flexibility index (Phi) is 7.34. The van der Waals surface area contributed by atoms with Gasteiger partial charge in [0.1, 0.15) is 11.6 Å². The van der Waals surface area contributed by atoms with Gasteiger partial charge in [0.2, 0.25) is 5.91 Å². The van der Waals surface area contributed by atoms with Crippen LogP contribution in [0.3, 0.4) is 0 Å². The average molecular weight is 388 g/mol. The number of nitrogens with zero attached hydrogens (tertiary/aromatic N) is 2. The Morgan fingerprint density at radius 1 is 1.12 bits per heavy atom. The molecule has 0 aliphatic carbocycles. The van der Waals surface area contributed by atoms with Crippen molar-refractivity contribution in [3.63, 3.8) is 0 Å². The third-order valence-corrected chi connectivity index (χ3v) is 5.01. The number of carbonyl (C=O) groups excluding carboxylic acids is 2. The van der Waals surface area contributed by atoms with Gasteiger partial charge in [0.25, 0.3) is 5.91 Å². The summed E-state index contributed by atoms with van der Waals surface area (Å²) >= 11 is 0. The highest BCUT2D eigenvalue weighted by Crippen LogP contribution is 2.17. The van der Waals surface area contributed by atoms with E-state index in [1.807, 2.05) is 0 Å². The van der Waals surface area contributed by atoms with Crippen molar-refractivity contribution in [1.82, 2.24) is 15.1 Å². The number of benzene rings is 1. The van der Waals surface area contributed by atoms with Crippen molar-refractivity contribution in [2.75, 3.05) is 39.3 Å². The van der Waals surface area contributed by atoms with Gasteiger partial charge >= 0.3 is 0 Å². The minimum Gasteiger partial charge on any atom is -0.339 e. The molecular formula is C18H24ClF2N3O2. The lowest BCUT2D eigenvalue weighted by Gasteiger charge is -2.35. The molecule has 1 unspecified atom stereocenters. The molecule has 5 nitrogen and oxygen atoms in total. The maximum absolute atomic E-state index is 13.8. The molecule has 0 saturated carbocycles. The third kappa shape index (κ3) is 4.92. The van der Waals surface area contributed by atoms with Gasteiger partial charge < -0.3 is 15.1 Å². The van der Waals surface area contributed by atoms with Gasteiger partial charge in [0.05, 0.1) is 5.56 Å². The second-order valence-corrected chi connectivity index (χ2v) is 6.69. The van der Waals surface area contributed by atoms with E-state index in [0.717, 1.165) is 32.0 Å². The molecule has 0 aromatic heterocycles. The fourth-order valence-electron chi connectivity index (χ4n) is 3.44. The van der Waals surface area contributed by atoms with E-state index >= 15 is 0 Å². The molecular weight excluding hydrogens is 364 g/mol. The largest absolute Gasteiger partial charge is 0.339 e. The summed E-state index contributed by atoms with van der Waals surface area (Å²) in [7, 11) is 0. The standard InChI is InChI=1S/C18H23F2N3O2.ClH/c19-14-2-3-15(16(20)11-14)18(25)23-9-7-22(8-10-23)17(24)4-1-13-5-6-21-12-13;/h2-3,11,13,21H,1,4-10,12H2;1H. The zero-order valence-electron chi connectivity index (χ0n) is 14.5. The SMILES string of the molecule is Cl.O=C(CCC1CCNC1)N1CCN(C(=O)c2ccc(F)cc2F)CC1. The Morgan fingerprint density at radius 3 is 2.42 bits per heavy atom. The van der Waals surface area contributed by atoms with Gasteiger partial charge in [-0.15, -0.1) is 12.4 Å².